The molecule has 0 saturated heterocycles. The molecule has 0 radical (unpaired) electrons. The zero-order chi connectivity index (χ0) is 13.6. The zero-order valence-electron chi connectivity index (χ0n) is 10.7. The van der Waals surface area contributed by atoms with Crippen molar-refractivity contribution in [3.63, 3.8) is 0 Å². The maximum Gasteiger partial charge on any atom is 0.159 e. The van der Waals surface area contributed by atoms with Crippen molar-refractivity contribution in [1.82, 2.24) is 9.55 Å². The van der Waals surface area contributed by atoms with Crippen LogP contribution < -0.4 is 5.73 Å². The van der Waals surface area contributed by atoms with Gasteiger partial charge >= 0.3 is 0 Å². The van der Waals surface area contributed by atoms with E-state index in [9.17, 15) is 8.78 Å². The first-order valence-corrected chi connectivity index (χ1v) is 6.33. The number of aryl methyl sites for hydroxylation is 1. The molecule has 0 bridgehead atoms. The molecule has 1 unspecified atom stereocenters. The Morgan fingerprint density at radius 2 is 2.11 bits per heavy atom. The SMILES string of the molecule is Cc1c(-c2ccc(F)c(F)c2)nc2n1CC(N)CC2. The van der Waals surface area contributed by atoms with Crippen LogP contribution in [0, 0.1) is 18.6 Å². The average molecular weight is 263 g/mol. The summed E-state index contributed by atoms with van der Waals surface area (Å²) in [6.07, 6.45) is 1.74. The molecule has 1 aromatic heterocycles. The Morgan fingerprint density at radius 1 is 1.32 bits per heavy atom. The normalized spacial score (nSPS) is 18.4. The Labute approximate surface area is 110 Å². The number of rotatable bonds is 1. The summed E-state index contributed by atoms with van der Waals surface area (Å²) in [6.45, 7) is 2.67. The Bertz CT molecular complexity index is 634. The summed E-state index contributed by atoms with van der Waals surface area (Å²) in [5.74, 6) is -0.717. The lowest BCUT2D eigenvalue weighted by Crippen LogP contribution is -2.32. The van der Waals surface area contributed by atoms with Crippen molar-refractivity contribution in [2.24, 2.45) is 5.73 Å². The second-order valence-electron chi connectivity index (χ2n) is 5.00. The lowest BCUT2D eigenvalue weighted by atomic mass is 10.1. The molecule has 1 atom stereocenters. The molecule has 0 saturated carbocycles. The second kappa shape index (κ2) is 4.42. The molecule has 2 heterocycles. The van der Waals surface area contributed by atoms with E-state index in [4.69, 9.17) is 5.73 Å². The van der Waals surface area contributed by atoms with Gasteiger partial charge in [-0.2, -0.15) is 0 Å². The molecule has 1 aliphatic heterocycles. The molecule has 19 heavy (non-hydrogen) atoms. The molecule has 1 aliphatic rings. The van der Waals surface area contributed by atoms with Crippen molar-refractivity contribution in [3.8, 4) is 11.3 Å². The highest BCUT2D eigenvalue weighted by molar-refractivity contribution is 5.62. The molecule has 2 N–H and O–H groups in total. The monoisotopic (exact) mass is 263 g/mol. The Balaban J connectivity index is 2.08. The van der Waals surface area contributed by atoms with E-state index in [0.29, 0.717) is 11.3 Å². The number of imidazole rings is 1. The lowest BCUT2D eigenvalue weighted by molar-refractivity contribution is 0.448. The van der Waals surface area contributed by atoms with Crippen LogP contribution in [0.2, 0.25) is 0 Å². The third-order valence-corrected chi connectivity index (χ3v) is 3.65. The van der Waals surface area contributed by atoms with Crippen LogP contribution in [-0.2, 0) is 13.0 Å². The van der Waals surface area contributed by atoms with Gasteiger partial charge in [0.2, 0.25) is 0 Å². The quantitative estimate of drug-likeness (QED) is 0.858. The zero-order valence-corrected chi connectivity index (χ0v) is 10.7. The van der Waals surface area contributed by atoms with Gasteiger partial charge in [-0.1, -0.05) is 0 Å². The summed E-state index contributed by atoms with van der Waals surface area (Å²) >= 11 is 0. The van der Waals surface area contributed by atoms with Crippen molar-refractivity contribution in [2.75, 3.05) is 0 Å². The minimum absolute atomic E-state index is 0.137. The van der Waals surface area contributed by atoms with E-state index < -0.39 is 11.6 Å². The number of benzene rings is 1. The highest BCUT2D eigenvalue weighted by Crippen LogP contribution is 2.27. The van der Waals surface area contributed by atoms with E-state index in [1.807, 2.05) is 6.92 Å². The number of hydrogen-bond donors (Lipinski definition) is 1. The van der Waals surface area contributed by atoms with Gasteiger partial charge in [-0.05, 0) is 31.5 Å². The van der Waals surface area contributed by atoms with E-state index in [2.05, 4.69) is 9.55 Å². The number of aromatic nitrogens is 2. The Kier molecular flexibility index (Phi) is 2.86. The van der Waals surface area contributed by atoms with E-state index in [-0.39, 0.29) is 6.04 Å². The molecule has 5 heteroatoms. The van der Waals surface area contributed by atoms with Gasteiger partial charge in [0.05, 0.1) is 5.69 Å². The minimum Gasteiger partial charge on any atom is -0.330 e. The second-order valence-corrected chi connectivity index (χ2v) is 5.00. The first kappa shape index (κ1) is 12.3. The predicted octanol–water partition coefficient (Wildman–Crippen LogP) is 2.41. The summed E-state index contributed by atoms with van der Waals surface area (Å²) < 4.78 is 28.4. The van der Waals surface area contributed by atoms with Gasteiger partial charge in [0.1, 0.15) is 5.82 Å². The van der Waals surface area contributed by atoms with Gasteiger partial charge in [0.15, 0.2) is 11.6 Å². The number of hydrogen-bond acceptors (Lipinski definition) is 2. The number of halogens is 2. The lowest BCUT2D eigenvalue weighted by Gasteiger charge is -2.21. The fourth-order valence-electron chi connectivity index (χ4n) is 2.58. The van der Waals surface area contributed by atoms with E-state index in [0.717, 1.165) is 37.0 Å². The van der Waals surface area contributed by atoms with Gasteiger partial charge in [-0.15, -0.1) is 0 Å². The molecule has 0 aliphatic carbocycles. The molecule has 0 fully saturated rings. The van der Waals surface area contributed by atoms with Gasteiger partial charge in [-0.3, -0.25) is 0 Å². The summed E-state index contributed by atoms with van der Waals surface area (Å²) in [6, 6.07) is 4.02. The third-order valence-electron chi connectivity index (χ3n) is 3.65. The average Bonchev–Trinajstić information content (AvgIpc) is 2.70. The first-order chi connectivity index (χ1) is 9.06. The molecule has 3 nitrogen and oxygen atoms in total. The predicted molar refractivity (Wildman–Crippen MR) is 68.6 cm³/mol. The van der Waals surface area contributed by atoms with Crippen LogP contribution in [0.5, 0.6) is 0 Å². The number of nitrogens with two attached hydrogens (primary N) is 1. The molecule has 3 rings (SSSR count). The Hall–Kier alpha value is -1.75. The van der Waals surface area contributed by atoms with Gasteiger partial charge in [0.25, 0.3) is 0 Å². The fraction of sp³-hybridized carbons (Fsp3) is 0.357. The number of nitrogens with zero attached hydrogens (tertiary/aromatic N) is 2. The molecular formula is C14H15F2N3. The highest BCUT2D eigenvalue weighted by Gasteiger charge is 2.21. The molecule has 0 amide bonds. The van der Waals surface area contributed by atoms with Crippen molar-refractivity contribution in [3.05, 3.63) is 41.4 Å². The highest BCUT2D eigenvalue weighted by atomic mass is 19.2. The third kappa shape index (κ3) is 2.04. The first-order valence-electron chi connectivity index (χ1n) is 6.33. The maximum atomic E-state index is 13.3. The standard InChI is InChI=1S/C14H15F2N3/c1-8-14(9-2-4-11(15)12(16)6-9)18-13-5-3-10(17)7-19(8)13/h2,4,6,10H,3,5,7,17H2,1H3. The van der Waals surface area contributed by atoms with Crippen LogP contribution in [0.1, 0.15) is 17.9 Å². The summed E-state index contributed by atoms with van der Waals surface area (Å²) in [7, 11) is 0. The van der Waals surface area contributed by atoms with Gasteiger partial charge < -0.3 is 10.3 Å². The molecule has 1 aromatic carbocycles. The van der Waals surface area contributed by atoms with Crippen molar-refractivity contribution < 1.29 is 8.78 Å². The Morgan fingerprint density at radius 3 is 2.84 bits per heavy atom. The van der Waals surface area contributed by atoms with Crippen LogP contribution in [0.25, 0.3) is 11.3 Å². The molecule has 100 valence electrons. The summed E-state index contributed by atoms with van der Waals surface area (Å²) in [5, 5.41) is 0. The summed E-state index contributed by atoms with van der Waals surface area (Å²) in [5.41, 5.74) is 8.22. The van der Waals surface area contributed by atoms with E-state index >= 15 is 0 Å². The van der Waals surface area contributed by atoms with Gasteiger partial charge in [-0.25, -0.2) is 13.8 Å². The number of fused-ring (bicyclic) bond motifs is 1. The summed E-state index contributed by atoms with van der Waals surface area (Å²) in [4.78, 5) is 4.54. The smallest absolute Gasteiger partial charge is 0.159 e. The van der Waals surface area contributed by atoms with Crippen LogP contribution in [0.3, 0.4) is 0 Å². The van der Waals surface area contributed by atoms with Crippen molar-refractivity contribution in [2.45, 2.75) is 32.4 Å². The van der Waals surface area contributed by atoms with E-state index in [1.165, 1.54) is 6.07 Å². The van der Waals surface area contributed by atoms with Crippen molar-refractivity contribution in [1.29, 1.82) is 0 Å². The van der Waals surface area contributed by atoms with Crippen LogP contribution >= 0.6 is 0 Å². The minimum atomic E-state index is -0.848. The fourth-order valence-corrected chi connectivity index (χ4v) is 2.58. The van der Waals surface area contributed by atoms with Crippen LogP contribution in [0.15, 0.2) is 18.2 Å². The molecule has 2 aromatic rings. The molecular weight excluding hydrogens is 248 g/mol. The van der Waals surface area contributed by atoms with E-state index in [1.54, 1.807) is 6.07 Å². The topological polar surface area (TPSA) is 43.8 Å². The maximum absolute atomic E-state index is 13.3. The van der Waals surface area contributed by atoms with Crippen molar-refractivity contribution >= 4 is 0 Å². The van der Waals surface area contributed by atoms with Gasteiger partial charge in [0, 0.05) is 30.3 Å². The molecule has 0 spiro atoms. The largest absolute Gasteiger partial charge is 0.330 e. The van der Waals surface area contributed by atoms with Crippen LogP contribution in [-0.4, -0.2) is 15.6 Å². The van der Waals surface area contributed by atoms with Crippen LogP contribution in [0.4, 0.5) is 8.78 Å².